The molecular weight excluding hydrogens is 172 g/mol. The van der Waals surface area contributed by atoms with Crippen molar-refractivity contribution in [1.29, 1.82) is 0 Å². The van der Waals surface area contributed by atoms with Crippen molar-refractivity contribution < 1.29 is 0 Å². The number of para-hydroxylation sites is 1. The molecule has 1 aliphatic heterocycles. The van der Waals surface area contributed by atoms with E-state index in [0.717, 1.165) is 13.0 Å². The van der Waals surface area contributed by atoms with Crippen LogP contribution in [0.5, 0.6) is 0 Å². The highest BCUT2D eigenvalue weighted by Gasteiger charge is 2.14. The van der Waals surface area contributed by atoms with Gasteiger partial charge in [0.25, 0.3) is 0 Å². The highest BCUT2D eigenvalue weighted by molar-refractivity contribution is 5.54. The van der Waals surface area contributed by atoms with Crippen LogP contribution in [0.3, 0.4) is 0 Å². The molecule has 0 atom stereocenters. The van der Waals surface area contributed by atoms with Crippen LogP contribution in [0.25, 0.3) is 0 Å². The Morgan fingerprint density at radius 3 is 2.57 bits per heavy atom. The molecule has 1 aromatic carbocycles. The number of benzene rings is 1. The van der Waals surface area contributed by atoms with E-state index in [1.54, 1.807) is 0 Å². The maximum absolute atomic E-state index is 5.61. The highest BCUT2D eigenvalue weighted by atomic mass is 15.1. The Bertz CT molecular complexity index is 290. The maximum atomic E-state index is 5.61. The van der Waals surface area contributed by atoms with E-state index in [0.29, 0.717) is 0 Å². The normalized spacial score (nSPS) is 16.2. The standard InChI is InChI=1S/C12H18N2/c13-8-7-11-5-1-2-6-12(11)14-9-3-4-10-14/h1-2,5-6H,3-4,7-10,13H2. The first-order valence-corrected chi connectivity index (χ1v) is 5.45. The molecule has 0 spiro atoms. The molecule has 14 heavy (non-hydrogen) atoms. The van der Waals surface area contributed by atoms with Crippen molar-refractivity contribution in [3.05, 3.63) is 29.8 Å². The summed E-state index contributed by atoms with van der Waals surface area (Å²) < 4.78 is 0. The van der Waals surface area contributed by atoms with Crippen LogP contribution in [0.2, 0.25) is 0 Å². The summed E-state index contributed by atoms with van der Waals surface area (Å²) in [5, 5.41) is 0. The van der Waals surface area contributed by atoms with Crippen LogP contribution in [0.1, 0.15) is 18.4 Å². The Balaban J connectivity index is 2.21. The molecule has 2 nitrogen and oxygen atoms in total. The molecule has 0 bridgehead atoms. The van der Waals surface area contributed by atoms with Gasteiger partial charge in [-0.1, -0.05) is 18.2 Å². The number of nitrogens with two attached hydrogens (primary N) is 1. The average Bonchev–Trinajstić information content (AvgIpc) is 2.72. The van der Waals surface area contributed by atoms with Gasteiger partial charge in [0.1, 0.15) is 0 Å². The zero-order chi connectivity index (χ0) is 9.80. The van der Waals surface area contributed by atoms with Crippen LogP contribution >= 0.6 is 0 Å². The van der Waals surface area contributed by atoms with Gasteiger partial charge >= 0.3 is 0 Å². The Hall–Kier alpha value is -1.02. The van der Waals surface area contributed by atoms with E-state index in [4.69, 9.17) is 5.73 Å². The van der Waals surface area contributed by atoms with Crippen molar-refractivity contribution in [2.75, 3.05) is 24.5 Å². The number of hydrogen-bond donors (Lipinski definition) is 1. The SMILES string of the molecule is NCCc1ccccc1N1CCCC1. The van der Waals surface area contributed by atoms with Crippen LogP contribution in [0, 0.1) is 0 Å². The summed E-state index contributed by atoms with van der Waals surface area (Å²) in [5.74, 6) is 0. The molecular formula is C12H18N2. The number of nitrogens with zero attached hydrogens (tertiary/aromatic N) is 1. The van der Waals surface area contributed by atoms with Crippen molar-refractivity contribution in [2.24, 2.45) is 5.73 Å². The lowest BCUT2D eigenvalue weighted by Crippen LogP contribution is -2.20. The lowest BCUT2D eigenvalue weighted by molar-refractivity contribution is 0.918. The zero-order valence-corrected chi connectivity index (χ0v) is 8.58. The van der Waals surface area contributed by atoms with Crippen LogP contribution in [-0.2, 0) is 6.42 Å². The second-order valence-corrected chi connectivity index (χ2v) is 3.86. The molecule has 1 saturated heterocycles. The average molecular weight is 190 g/mol. The molecule has 2 N–H and O–H groups in total. The van der Waals surface area contributed by atoms with E-state index < -0.39 is 0 Å². The summed E-state index contributed by atoms with van der Waals surface area (Å²) in [5.41, 5.74) is 8.41. The summed E-state index contributed by atoms with van der Waals surface area (Å²) in [4.78, 5) is 2.48. The summed E-state index contributed by atoms with van der Waals surface area (Å²) in [6.45, 7) is 3.16. The summed E-state index contributed by atoms with van der Waals surface area (Å²) >= 11 is 0. The molecule has 1 aromatic rings. The summed E-state index contributed by atoms with van der Waals surface area (Å²) in [7, 11) is 0. The molecule has 1 heterocycles. The predicted octanol–water partition coefficient (Wildman–Crippen LogP) is 1.79. The first-order valence-electron chi connectivity index (χ1n) is 5.45. The topological polar surface area (TPSA) is 29.3 Å². The van der Waals surface area contributed by atoms with Crippen LogP contribution in [-0.4, -0.2) is 19.6 Å². The molecule has 0 aliphatic carbocycles. The summed E-state index contributed by atoms with van der Waals surface area (Å²) in [6, 6.07) is 8.63. The molecule has 0 amide bonds. The molecule has 2 heteroatoms. The molecule has 0 saturated carbocycles. The van der Waals surface area contributed by atoms with Crippen LogP contribution < -0.4 is 10.6 Å². The number of hydrogen-bond acceptors (Lipinski definition) is 2. The fourth-order valence-corrected chi connectivity index (χ4v) is 2.14. The molecule has 76 valence electrons. The second kappa shape index (κ2) is 4.47. The van der Waals surface area contributed by atoms with Crippen molar-refractivity contribution in [3.8, 4) is 0 Å². The fraction of sp³-hybridized carbons (Fsp3) is 0.500. The minimum atomic E-state index is 0.741. The van der Waals surface area contributed by atoms with E-state index in [1.165, 1.54) is 37.2 Å². The van der Waals surface area contributed by atoms with Gasteiger partial charge in [-0.2, -0.15) is 0 Å². The van der Waals surface area contributed by atoms with E-state index in [-0.39, 0.29) is 0 Å². The van der Waals surface area contributed by atoms with E-state index in [1.807, 2.05) is 0 Å². The number of rotatable bonds is 3. The Morgan fingerprint density at radius 1 is 1.14 bits per heavy atom. The first-order chi connectivity index (χ1) is 6.92. The smallest absolute Gasteiger partial charge is 0.0399 e. The zero-order valence-electron chi connectivity index (χ0n) is 8.58. The fourth-order valence-electron chi connectivity index (χ4n) is 2.14. The van der Waals surface area contributed by atoms with Crippen LogP contribution in [0.15, 0.2) is 24.3 Å². The van der Waals surface area contributed by atoms with Gasteiger partial charge < -0.3 is 10.6 Å². The number of anilines is 1. The van der Waals surface area contributed by atoms with Gasteiger partial charge in [-0.15, -0.1) is 0 Å². The predicted molar refractivity (Wildman–Crippen MR) is 60.6 cm³/mol. The molecule has 0 unspecified atom stereocenters. The van der Waals surface area contributed by atoms with Gasteiger partial charge in [0.15, 0.2) is 0 Å². The Morgan fingerprint density at radius 2 is 1.86 bits per heavy atom. The Kier molecular flexibility index (Phi) is 3.04. The van der Waals surface area contributed by atoms with Crippen molar-refractivity contribution >= 4 is 5.69 Å². The highest BCUT2D eigenvalue weighted by Crippen LogP contribution is 2.24. The quantitative estimate of drug-likeness (QED) is 0.787. The van der Waals surface area contributed by atoms with Gasteiger partial charge in [-0.25, -0.2) is 0 Å². The van der Waals surface area contributed by atoms with Crippen LogP contribution in [0.4, 0.5) is 5.69 Å². The third-order valence-corrected chi connectivity index (χ3v) is 2.85. The molecule has 1 aliphatic rings. The Labute approximate surface area is 85.7 Å². The minimum absolute atomic E-state index is 0.741. The molecule has 1 fully saturated rings. The third kappa shape index (κ3) is 1.90. The van der Waals surface area contributed by atoms with E-state index in [2.05, 4.69) is 29.2 Å². The van der Waals surface area contributed by atoms with E-state index in [9.17, 15) is 0 Å². The molecule has 0 aromatic heterocycles. The van der Waals surface area contributed by atoms with Gasteiger partial charge in [0, 0.05) is 18.8 Å². The van der Waals surface area contributed by atoms with Gasteiger partial charge in [-0.05, 0) is 37.4 Å². The lowest BCUT2D eigenvalue weighted by Gasteiger charge is -2.21. The van der Waals surface area contributed by atoms with Crippen molar-refractivity contribution in [1.82, 2.24) is 0 Å². The van der Waals surface area contributed by atoms with Gasteiger partial charge in [0.05, 0.1) is 0 Å². The van der Waals surface area contributed by atoms with Crippen molar-refractivity contribution in [2.45, 2.75) is 19.3 Å². The van der Waals surface area contributed by atoms with Gasteiger partial charge in [0.2, 0.25) is 0 Å². The lowest BCUT2D eigenvalue weighted by atomic mass is 10.1. The second-order valence-electron chi connectivity index (χ2n) is 3.86. The van der Waals surface area contributed by atoms with E-state index >= 15 is 0 Å². The van der Waals surface area contributed by atoms with Gasteiger partial charge in [-0.3, -0.25) is 0 Å². The minimum Gasteiger partial charge on any atom is -0.371 e. The third-order valence-electron chi connectivity index (χ3n) is 2.85. The van der Waals surface area contributed by atoms with Crippen molar-refractivity contribution in [3.63, 3.8) is 0 Å². The molecule has 2 rings (SSSR count). The monoisotopic (exact) mass is 190 g/mol. The molecule has 0 radical (unpaired) electrons. The largest absolute Gasteiger partial charge is 0.371 e. The first kappa shape index (κ1) is 9.53. The maximum Gasteiger partial charge on any atom is 0.0399 e. The summed E-state index contributed by atoms with van der Waals surface area (Å²) in [6.07, 6.45) is 3.65.